The first-order valence-corrected chi connectivity index (χ1v) is 24.6. The van der Waals surface area contributed by atoms with Crippen LogP contribution in [0.5, 0.6) is 0 Å². The summed E-state index contributed by atoms with van der Waals surface area (Å²) in [5, 5.41) is 48.7. The molecule has 2 atom stereocenters. The van der Waals surface area contributed by atoms with Gasteiger partial charge in [-0.3, -0.25) is 78.0 Å². The number of carbonyl (C=O) groups excluding carboxylic acids is 10. The van der Waals surface area contributed by atoms with Gasteiger partial charge in [0.05, 0.1) is 40.5 Å². The zero-order valence-electron chi connectivity index (χ0n) is 42.3. The lowest BCUT2D eigenvalue weighted by Gasteiger charge is -2.30. The third kappa shape index (κ3) is 14.1. The van der Waals surface area contributed by atoms with E-state index in [0.717, 1.165) is 21.9 Å². The maximum Gasteiger partial charge on any atom is 0.312 e. The van der Waals surface area contributed by atoms with Crippen molar-refractivity contribution in [2.24, 2.45) is 11.7 Å². The highest BCUT2D eigenvalue weighted by Gasteiger charge is 2.37. The molecule has 0 radical (unpaired) electrons. The van der Waals surface area contributed by atoms with E-state index < -0.39 is 131 Å². The minimum Gasteiger partial charge on any atom is -0.481 e. The number of rotatable bonds is 28. The number of nitrogens with one attached hydrogen (secondary N) is 6. The molecule has 0 bridgehead atoms. The number of nitro benzene ring substituents is 2. The van der Waals surface area contributed by atoms with Gasteiger partial charge in [-0.2, -0.15) is 0 Å². The molecule has 6 rings (SSSR count). The van der Waals surface area contributed by atoms with E-state index in [1.165, 1.54) is 41.3 Å². The number of imide groups is 2. The van der Waals surface area contributed by atoms with Crippen molar-refractivity contribution in [2.45, 2.75) is 58.0 Å². The van der Waals surface area contributed by atoms with Crippen LogP contribution in [0.2, 0.25) is 0 Å². The number of urea groups is 1. The molecule has 0 unspecified atom stereocenters. The fraction of sp³-hybridized carbons (Fsp3) is 0.380. The molecule has 28 nitrogen and oxygen atoms in total. The van der Waals surface area contributed by atoms with Gasteiger partial charge < -0.3 is 47.6 Å². The second-order valence-electron chi connectivity index (χ2n) is 18.5. The third-order valence-electron chi connectivity index (χ3n) is 12.8. The van der Waals surface area contributed by atoms with E-state index >= 15 is 0 Å². The van der Waals surface area contributed by atoms with E-state index in [2.05, 4.69) is 31.9 Å². The van der Waals surface area contributed by atoms with Crippen LogP contribution in [-0.2, 0) is 28.8 Å². The number of primary amides is 1. The molecule has 0 fully saturated rings. The monoisotopic (exact) mass is 1080 g/mol. The number of nitrogens with zero attached hydrogens (tertiary/aromatic N) is 5. The number of hydrogen-bond donors (Lipinski definition) is 8. The first-order valence-electron chi connectivity index (χ1n) is 24.6. The molecule has 0 spiro atoms. The predicted octanol–water partition coefficient (Wildman–Crippen LogP) is 0.681. The Hall–Kier alpha value is -9.47. The van der Waals surface area contributed by atoms with Crippen molar-refractivity contribution in [1.82, 2.24) is 46.6 Å². The first kappa shape index (κ1) is 57.8. The lowest BCUT2D eigenvalue weighted by Crippen LogP contribution is -2.57. The van der Waals surface area contributed by atoms with Crippen LogP contribution in [0.3, 0.4) is 0 Å². The first-order chi connectivity index (χ1) is 37.1. The number of non-ortho nitro benzene ring substituents is 2. The van der Waals surface area contributed by atoms with Crippen molar-refractivity contribution in [3.05, 3.63) is 103 Å². The smallest absolute Gasteiger partial charge is 0.312 e. The predicted molar refractivity (Wildman–Crippen MR) is 274 cm³/mol. The van der Waals surface area contributed by atoms with Gasteiger partial charge in [0.25, 0.3) is 35.0 Å². The molecule has 0 saturated carbocycles. The van der Waals surface area contributed by atoms with E-state index in [4.69, 9.17) is 10.8 Å². The van der Waals surface area contributed by atoms with Crippen molar-refractivity contribution in [2.75, 3.05) is 58.9 Å². The molecule has 0 aromatic heterocycles. The van der Waals surface area contributed by atoms with E-state index in [1.807, 2.05) is 0 Å². The average molecular weight is 1080 g/mol. The minimum absolute atomic E-state index is 0.00566. The van der Waals surface area contributed by atoms with Gasteiger partial charge >= 0.3 is 12.0 Å². The van der Waals surface area contributed by atoms with Crippen LogP contribution in [0, 0.1) is 26.1 Å². The van der Waals surface area contributed by atoms with Gasteiger partial charge in [0.2, 0.25) is 29.5 Å². The second kappa shape index (κ2) is 25.9. The van der Waals surface area contributed by atoms with E-state index in [1.54, 1.807) is 26.0 Å². The number of nitrogens with two attached hydrogens (primary N) is 1. The van der Waals surface area contributed by atoms with Crippen molar-refractivity contribution >= 4 is 98.1 Å². The summed E-state index contributed by atoms with van der Waals surface area (Å²) in [7, 11) is 0. The largest absolute Gasteiger partial charge is 0.481 e. The van der Waals surface area contributed by atoms with Crippen molar-refractivity contribution in [3.8, 4) is 0 Å². The molecule has 4 aromatic carbocycles. The van der Waals surface area contributed by atoms with Crippen molar-refractivity contribution < 1.29 is 67.7 Å². The van der Waals surface area contributed by atoms with E-state index in [9.17, 15) is 73.0 Å². The van der Waals surface area contributed by atoms with E-state index in [0.29, 0.717) is 10.8 Å². The van der Waals surface area contributed by atoms with E-state index in [-0.39, 0.29) is 97.2 Å². The molecule has 2 heterocycles. The van der Waals surface area contributed by atoms with Crippen LogP contribution in [0.1, 0.15) is 87.4 Å². The van der Waals surface area contributed by atoms with Crippen LogP contribution >= 0.6 is 0 Å². The highest BCUT2D eigenvalue weighted by molar-refractivity contribution is 6.27. The molecule has 11 amide bonds. The molecule has 9 N–H and O–H groups in total. The van der Waals surface area contributed by atoms with Crippen molar-refractivity contribution in [3.63, 3.8) is 0 Å². The van der Waals surface area contributed by atoms with Crippen LogP contribution in [0.25, 0.3) is 21.5 Å². The Morgan fingerprint density at radius 1 is 0.641 bits per heavy atom. The van der Waals surface area contributed by atoms with Gasteiger partial charge in [0.15, 0.2) is 0 Å². The summed E-state index contributed by atoms with van der Waals surface area (Å²) < 4.78 is 0. The number of carboxylic acids is 1. The summed E-state index contributed by atoms with van der Waals surface area (Å²) in [5.74, 6) is -8.69. The molecule has 0 aliphatic carbocycles. The Bertz CT molecular complexity index is 3130. The zero-order valence-corrected chi connectivity index (χ0v) is 42.3. The number of carboxylic acid groups (broad SMARTS) is 1. The zero-order chi connectivity index (χ0) is 57.0. The number of carbonyl (C=O) groups is 11. The number of nitro groups is 2. The van der Waals surface area contributed by atoms with Crippen LogP contribution in [0.15, 0.2) is 60.7 Å². The van der Waals surface area contributed by atoms with Crippen LogP contribution in [-0.4, -0.2) is 166 Å². The molecule has 2 aliphatic heterocycles. The molecule has 2 aliphatic rings. The summed E-state index contributed by atoms with van der Waals surface area (Å²) in [6.45, 7) is 1.11. The van der Waals surface area contributed by atoms with Gasteiger partial charge in [-0.25, -0.2) is 4.79 Å². The van der Waals surface area contributed by atoms with Gasteiger partial charge in [-0.05, 0) is 54.6 Å². The Labute approximate surface area is 443 Å². The molecular formula is C50H56N12O16. The Balaban J connectivity index is 1.14. The highest BCUT2D eigenvalue weighted by Crippen LogP contribution is 2.35. The van der Waals surface area contributed by atoms with Crippen LogP contribution < -0.4 is 37.6 Å². The third-order valence-corrected chi connectivity index (χ3v) is 12.8. The number of hydrogen-bond acceptors (Lipinski definition) is 16. The minimum atomic E-state index is -1.38. The number of benzene rings is 4. The highest BCUT2D eigenvalue weighted by atomic mass is 16.6. The molecular weight excluding hydrogens is 1020 g/mol. The lowest BCUT2D eigenvalue weighted by molar-refractivity contribution is -0.384. The van der Waals surface area contributed by atoms with Gasteiger partial charge in [0.1, 0.15) is 12.1 Å². The standard InChI is InChI=1S/C50H56N12O16/c1-27(2)43(57-38(64)25-54-37(63)12-13-40(66)67)45(69)56-36(11-5-15-53-50(51)74)44(68)55-26-39(65)58(19-20-60-47(71)33-10-4-8-29-22-31(62(77)78)24-35(42(29)33)49(60)73)17-6-14-52-16-18-59-46(70)32-9-3-7-28-21-30(61(75)76)23-34(41(28)32)48(59)72/h3-4,7-10,21-24,27,36,43,52H,5-6,11-20,25-26H2,1-2H3,(H,54,63)(H,55,68)(H,56,69)(H,57,64)(H,66,67)(H3,51,53,74)/t36-,43-/m0/s1. The van der Waals surface area contributed by atoms with Gasteiger partial charge in [0, 0.05) is 91.9 Å². The molecule has 78 heavy (non-hydrogen) atoms. The fourth-order valence-electron chi connectivity index (χ4n) is 8.89. The Morgan fingerprint density at radius 2 is 1.21 bits per heavy atom. The SMILES string of the molecule is CC(C)[C@H](NC(=O)CNC(=O)CCC(=O)O)C(=O)N[C@@H](CCCNC(N)=O)C(=O)NCC(=O)N(CCCNCCN1C(=O)c2cccc3cc([N+](=O)[O-])cc(c23)C1=O)CCN1C(=O)c2cccc3cc([N+](=O)[O-])cc(c23)C1=O. The summed E-state index contributed by atoms with van der Waals surface area (Å²) in [5.41, 5.74) is 4.64. The Kier molecular flexibility index (Phi) is 19.2. The quantitative estimate of drug-likeness (QED) is 0.0168. The molecule has 4 aromatic rings. The molecule has 28 heteroatoms. The average Bonchev–Trinajstić information content (AvgIpc) is 3.55. The maximum absolute atomic E-state index is 14.1. The number of amides is 11. The molecule has 412 valence electrons. The second-order valence-corrected chi connectivity index (χ2v) is 18.5. The summed E-state index contributed by atoms with van der Waals surface area (Å²) in [6.07, 6.45) is -0.736. The van der Waals surface area contributed by atoms with Crippen LogP contribution in [0.4, 0.5) is 16.2 Å². The lowest BCUT2D eigenvalue weighted by atomic mass is 9.93. The summed E-state index contributed by atoms with van der Waals surface area (Å²) in [6, 6.07) is 10.3. The fourth-order valence-corrected chi connectivity index (χ4v) is 8.89. The Morgan fingerprint density at radius 3 is 1.74 bits per heavy atom. The number of aliphatic carboxylic acids is 1. The summed E-state index contributed by atoms with van der Waals surface area (Å²) in [4.78, 5) is 169. The van der Waals surface area contributed by atoms with Gasteiger partial charge in [-0.1, -0.05) is 38.1 Å². The molecule has 0 saturated heterocycles. The topological polar surface area (TPSA) is 402 Å². The van der Waals surface area contributed by atoms with Gasteiger partial charge in [-0.15, -0.1) is 0 Å². The normalized spacial score (nSPS) is 13.5. The summed E-state index contributed by atoms with van der Waals surface area (Å²) >= 11 is 0. The maximum atomic E-state index is 14.1. The van der Waals surface area contributed by atoms with Crippen molar-refractivity contribution in [1.29, 1.82) is 0 Å².